The van der Waals surface area contributed by atoms with E-state index in [4.69, 9.17) is 10.1 Å². The van der Waals surface area contributed by atoms with Crippen LogP contribution < -0.4 is 4.90 Å². The Morgan fingerprint density at radius 3 is 2.48 bits per heavy atom. The molecular weight excluding hydrogens is 312 g/mol. The largest absolute Gasteiger partial charge is 0.340 e. The van der Waals surface area contributed by atoms with E-state index in [0.717, 1.165) is 57.1 Å². The van der Waals surface area contributed by atoms with Gasteiger partial charge in [-0.15, -0.1) is 5.10 Å². The van der Waals surface area contributed by atoms with Crippen LogP contribution in [0.4, 0.5) is 5.95 Å². The molecule has 0 spiro atoms. The van der Waals surface area contributed by atoms with Crippen LogP contribution in [0, 0.1) is 5.92 Å². The lowest BCUT2D eigenvalue weighted by Gasteiger charge is -2.19. The monoisotopic (exact) mass is 350 g/mol. The summed E-state index contributed by atoms with van der Waals surface area (Å²) >= 11 is 0. The fourth-order valence-electron chi connectivity index (χ4n) is 3.03. The Morgan fingerprint density at radius 1 is 1.12 bits per heavy atom. The first kappa shape index (κ1) is 21.7. The molecule has 1 atom stereocenters. The topological polar surface area (TPSA) is 51.0 Å². The van der Waals surface area contributed by atoms with E-state index in [1.54, 1.807) is 6.92 Å². The van der Waals surface area contributed by atoms with Gasteiger partial charge in [-0.3, -0.25) is 0 Å². The average molecular weight is 351 g/mol. The Morgan fingerprint density at radius 2 is 1.88 bits per heavy atom. The molecule has 5 heteroatoms. The van der Waals surface area contributed by atoms with Gasteiger partial charge in [-0.05, 0) is 38.5 Å². The predicted octanol–water partition coefficient (Wildman–Crippen LogP) is 4.64. The van der Waals surface area contributed by atoms with E-state index in [1.807, 2.05) is 0 Å². The van der Waals surface area contributed by atoms with Gasteiger partial charge in [0, 0.05) is 32.5 Å². The molecule has 0 radical (unpaired) electrons. The number of carbonyl (C=O) groups is 1. The fourth-order valence-corrected chi connectivity index (χ4v) is 3.03. The molecule has 1 aromatic heterocycles. The highest BCUT2D eigenvalue weighted by Crippen LogP contribution is 2.17. The second-order valence-electron chi connectivity index (χ2n) is 7.30. The lowest BCUT2D eigenvalue weighted by Crippen LogP contribution is -2.26. The Balaban J connectivity index is 2.83. The van der Waals surface area contributed by atoms with Gasteiger partial charge in [0.05, 0.1) is 0 Å². The third-order valence-electron chi connectivity index (χ3n) is 4.50. The molecule has 0 saturated heterocycles. The molecule has 1 heterocycles. The molecule has 0 aliphatic heterocycles. The van der Waals surface area contributed by atoms with Gasteiger partial charge in [0.15, 0.2) is 0 Å². The highest BCUT2D eigenvalue weighted by molar-refractivity contribution is 5.75. The maximum atomic E-state index is 11.2. The van der Waals surface area contributed by atoms with Crippen LogP contribution >= 0.6 is 0 Å². The van der Waals surface area contributed by atoms with Crippen LogP contribution in [0.1, 0.15) is 85.4 Å². The number of rotatable bonds is 14. The molecule has 1 unspecified atom stereocenters. The van der Waals surface area contributed by atoms with E-state index in [2.05, 4.69) is 37.3 Å². The summed E-state index contributed by atoms with van der Waals surface area (Å²) in [4.78, 5) is 18.4. The van der Waals surface area contributed by atoms with Crippen molar-refractivity contribution in [2.24, 2.45) is 5.92 Å². The van der Waals surface area contributed by atoms with Crippen molar-refractivity contribution in [2.75, 3.05) is 18.0 Å². The average Bonchev–Trinajstić information content (AvgIpc) is 2.95. The number of hydrogen-bond acceptors (Lipinski definition) is 4. The van der Waals surface area contributed by atoms with Gasteiger partial charge in [0.25, 0.3) is 0 Å². The van der Waals surface area contributed by atoms with Gasteiger partial charge in [-0.1, -0.05) is 40.5 Å². The Kier molecular flexibility index (Phi) is 10.4. The van der Waals surface area contributed by atoms with Gasteiger partial charge < -0.3 is 9.69 Å². The minimum atomic E-state index is 0.271. The summed E-state index contributed by atoms with van der Waals surface area (Å²) in [6.45, 7) is 13.5. The zero-order valence-corrected chi connectivity index (χ0v) is 17.1. The molecule has 25 heavy (non-hydrogen) atoms. The smallest absolute Gasteiger partial charge is 0.244 e. The zero-order chi connectivity index (χ0) is 18.7. The number of unbranched alkanes of at least 4 members (excludes halogenated alkanes) is 2. The first-order valence-corrected chi connectivity index (χ1v) is 10.2. The van der Waals surface area contributed by atoms with Crippen LogP contribution in [-0.4, -0.2) is 33.6 Å². The zero-order valence-electron chi connectivity index (χ0n) is 17.1. The molecule has 0 aliphatic carbocycles. The number of ketones is 1. The van der Waals surface area contributed by atoms with Crippen molar-refractivity contribution in [3.8, 4) is 0 Å². The summed E-state index contributed by atoms with van der Waals surface area (Å²) in [6.07, 6.45) is 8.34. The predicted molar refractivity (Wildman–Crippen MR) is 105 cm³/mol. The highest BCUT2D eigenvalue weighted by atomic mass is 16.1. The SMILES string of the molecule is CCCCCN(CCC)c1nc(CC(C)CCC(C)=O)n(CCC)n1. The number of anilines is 1. The van der Waals surface area contributed by atoms with E-state index in [-0.39, 0.29) is 5.78 Å². The van der Waals surface area contributed by atoms with E-state index in [0.29, 0.717) is 12.3 Å². The molecule has 0 amide bonds. The summed E-state index contributed by atoms with van der Waals surface area (Å²) in [7, 11) is 0. The standard InChI is InChI=1S/C20H38N4O/c1-6-9-10-15-23(13-7-2)20-21-19(24(22-20)14-8-3)16-17(4)11-12-18(5)25/h17H,6-16H2,1-5H3. The van der Waals surface area contributed by atoms with Gasteiger partial charge in [0.1, 0.15) is 11.6 Å². The van der Waals surface area contributed by atoms with Crippen LogP contribution in [0.3, 0.4) is 0 Å². The first-order chi connectivity index (χ1) is 12.0. The van der Waals surface area contributed by atoms with E-state index in [9.17, 15) is 4.79 Å². The van der Waals surface area contributed by atoms with Gasteiger partial charge in [-0.2, -0.15) is 4.98 Å². The third-order valence-corrected chi connectivity index (χ3v) is 4.50. The molecule has 1 rings (SSSR count). The Hall–Kier alpha value is -1.39. The minimum Gasteiger partial charge on any atom is -0.340 e. The maximum absolute atomic E-state index is 11.2. The summed E-state index contributed by atoms with van der Waals surface area (Å²) in [5.41, 5.74) is 0. The molecule has 0 aliphatic rings. The highest BCUT2D eigenvalue weighted by Gasteiger charge is 2.17. The van der Waals surface area contributed by atoms with Crippen LogP contribution in [-0.2, 0) is 17.8 Å². The normalized spacial score (nSPS) is 12.4. The second-order valence-corrected chi connectivity index (χ2v) is 7.30. The third kappa shape index (κ3) is 8.02. The second kappa shape index (κ2) is 12.0. The van der Waals surface area contributed by atoms with Gasteiger partial charge in [-0.25, -0.2) is 4.68 Å². The summed E-state index contributed by atoms with van der Waals surface area (Å²) in [5.74, 6) is 2.69. The molecule has 0 N–H and O–H groups in total. The number of nitrogens with zero attached hydrogens (tertiary/aromatic N) is 4. The number of aromatic nitrogens is 3. The van der Waals surface area contributed by atoms with Crippen molar-refractivity contribution in [3.05, 3.63) is 5.82 Å². The molecular formula is C20H38N4O. The quantitative estimate of drug-likeness (QED) is 0.459. The van der Waals surface area contributed by atoms with Crippen LogP contribution in [0.25, 0.3) is 0 Å². The molecule has 0 aromatic carbocycles. The molecule has 0 saturated carbocycles. The van der Waals surface area contributed by atoms with Crippen LogP contribution in [0.15, 0.2) is 0 Å². The lowest BCUT2D eigenvalue weighted by atomic mass is 10.00. The number of hydrogen-bond donors (Lipinski definition) is 0. The van der Waals surface area contributed by atoms with Crippen molar-refractivity contribution in [1.29, 1.82) is 0 Å². The fraction of sp³-hybridized carbons (Fsp3) is 0.850. The lowest BCUT2D eigenvalue weighted by molar-refractivity contribution is -0.117. The van der Waals surface area contributed by atoms with Crippen molar-refractivity contribution in [1.82, 2.24) is 14.8 Å². The number of carbonyl (C=O) groups excluding carboxylic acids is 1. The summed E-state index contributed by atoms with van der Waals surface area (Å²) in [5, 5.41) is 4.81. The molecule has 0 bridgehead atoms. The van der Waals surface area contributed by atoms with Crippen molar-refractivity contribution < 1.29 is 4.79 Å². The number of Topliss-reactive ketones (excluding diaryl/α,β-unsaturated/α-hetero) is 1. The summed E-state index contributed by atoms with van der Waals surface area (Å²) in [6, 6.07) is 0. The first-order valence-electron chi connectivity index (χ1n) is 10.2. The molecule has 5 nitrogen and oxygen atoms in total. The van der Waals surface area contributed by atoms with E-state index < -0.39 is 0 Å². The Labute approximate surface area is 154 Å². The minimum absolute atomic E-state index is 0.271. The van der Waals surface area contributed by atoms with Crippen LogP contribution in [0.2, 0.25) is 0 Å². The molecule has 1 aromatic rings. The van der Waals surface area contributed by atoms with Crippen molar-refractivity contribution in [3.63, 3.8) is 0 Å². The molecule has 0 fully saturated rings. The summed E-state index contributed by atoms with van der Waals surface area (Å²) < 4.78 is 2.09. The van der Waals surface area contributed by atoms with Crippen molar-refractivity contribution in [2.45, 2.75) is 92.5 Å². The van der Waals surface area contributed by atoms with Gasteiger partial charge >= 0.3 is 0 Å². The van der Waals surface area contributed by atoms with E-state index in [1.165, 1.54) is 19.3 Å². The number of aryl methyl sites for hydroxylation is 1. The Bertz CT molecular complexity index is 498. The van der Waals surface area contributed by atoms with Gasteiger partial charge in [0.2, 0.25) is 5.95 Å². The van der Waals surface area contributed by atoms with E-state index >= 15 is 0 Å². The van der Waals surface area contributed by atoms with Crippen LogP contribution in [0.5, 0.6) is 0 Å². The maximum Gasteiger partial charge on any atom is 0.244 e. The van der Waals surface area contributed by atoms with Crippen molar-refractivity contribution >= 4 is 11.7 Å². The molecule has 144 valence electrons.